The number of allylic oxidation sites excluding steroid dienone is 3. The Bertz CT molecular complexity index is 321. The number of carboxylic acids is 1. The van der Waals surface area contributed by atoms with Gasteiger partial charge < -0.3 is 10.2 Å². The predicted molar refractivity (Wildman–Crippen MR) is 97.6 cm³/mol. The van der Waals surface area contributed by atoms with Crippen LogP contribution in [0.5, 0.6) is 0 Å². The van der Waals surface area contributed by atoms with E-state index < -0.39 is 5.97 Å². The van der Waals surface area contributed by atoms with Crippen molar-refractivity contribution in [2.24, 2.45) is 0 Å². The number of aliphatic carboxylic acids is 1. The highest BCUT2D eigenvalue weighted by atomic mass is 16.4. The molecule has 1 unspecified atom stereocenters. The lowest BCUT2D eigenvalue weighted by molar-refractivity contribution is -0.131. The van der Waals surface area contributed by atoms with Crippen LogP contribution in [0.2, 0.25) is 0 Å². The van der Waals surface area contributed by atoms with Gasteiger partial charge in [-0.05, 0) is 38.5 Å². The Morgan fingerprint density at radius 2 is 1.43 bits per heavy atom. The molecule has 2 N–H and O–H groups in total. The molecule has 0 spiro atoms. The molecular formula is C20H36O3. The molecule has 1 atom stereocenters. The van der Waals surface area contributed by atoms with E-state index in [1.807, 2.05) is 0 Å². The van der Waals surface area contributed by atoms with Gasteiger partial charge in [0.1, 0.15) is 0 Å². The van der Waals surface area contributed by atoms with Crippen LogP contribution in [0.1, 0.15) is 90.4 Å². The number of aliphatic hydroxyl groups excluding tert-OH is 1. The maximum atomic E-state index is 10.3. The number of carboxylic acid groups (broad SMARTS) is 1. The minimum absolute atomic E-state index is 0.129. The average molecular weight is 325 g/mol. The van der Waals surface area contributed by atoms with Crippen LogP contribution in [0, 0.1) is 0 Å². The molecule has 0 saturated carbocycles. The van der Waals surface area contributed by atoms with Gasteiger partial charge in [0.15, 0.2) is 0 Å². The van der Waals surface area contributed by atoms with Crippen LogP contribution >= 0.6 is 0 Å². The summed E-state index contributed by atoms with van der Waals surface area (Å²) >= 11 is 0. The van der Waals surface area contributed by atoms with Crippen molar-refractivity contribution in [3.63, 3.8) is 0 Å². The highest BCUT2D eigenvalue weighted by molar-refractivity contribution is 5.79. The van der Waals surface area contributed by atoms with Crippen LogP contribution in [-0.4, -0.2) is 22.3 Å². The molecule has 0 aliphatic carbocycles. The van der Waals surface area contributed by atoms with Crippen LogP contribution in [0.15, 0.2) is 24.3 Å². The van der Waals surface area contributed by atoms with Crippen molar-refractivity contribution in [1.82, 2.24) is 0 Å². The van der Waals surface area contributed by atoms with Crippen LogP contribution in [0.25, 0.3) is 0 Å². The number of unbranched alkanes of at least 4 members (excludes halogenated alkanes) is 8. The smallest absolute Gasteiger partial charge is 0.327 e. The van der Waals surface area contributed by atoms with E-state index in [1.165, 1.54) is 44.6 Å². The van der Waals surface area contributed by atoms with Crippen molar-refractivity contribution >= 4 is 5.97 Å². The van der Waals surface area contributed by atoms with Crippen LogP contribution in [-0.2, 0) is 4.79 Å². The van der Waals surface area contributed by atoms with E-state index in [2.05, 4.69) is 19.1 Å². The van der Waals surface area contributed by atoms with Gasteiger partial charge in [-0.25, -0.2) is 4.79 Å². The van der Waals surface area contributed by atoms with Gasteiger partial charge in [0.25, 0.3) is 0 Å². The Balaban J connectivity index is 3.21. The Morgan fingerprint density at radius 3 is 2.04 bits per heavy atom. The summed E-state index contributed by atoms with van der Waals surface area (Å²) in [6, 6.07) is 0. The highest BCUT2D eigenvalue weighted by Gasteiger charge is 2.02. The summed E-state index contributed by atoms with van der Waals surface area (Å²) in [5.74, 6) is -0.854. The summed E-state index contributed by atoms with van der Waals surface area (Å²) in [4.78, 5) is 10.3. The van der Waals surface area contributed by atoms with Crippen molar-refractivity contribution in [2.45, 2.75) is 96.5 Å². The van der Waals surface area contributed by atoms with E-state index in [4.69, 9.17) is 5.11 Å². The Kier molecular flexibility index (Phi) is 16.4. The minimum atomic E-state index is -0.854. The van der Waals surface area contributed by atoms with Crippen LogP contribution in [0.3, 0.4) is 0 Å². The molecule has 0 heterocycles. The maximum Gasteiger partial charge on any atom is 0.327 e. The molecule has 0 aromatic heterocycles. The van der Waals surface area contributed by atoms with E-state index in [-0.39, 0.29) is 6.10 Å². The van der Waals surface area contributed by atoms with Gasteiger partial charge in [0.05, 0.1) is 6.10 Å². The van der Waals surface area contributed by atoms with E-state index in [0.29, 0.717) is 0 Å². The molecule has 0 bridgehead atoms. The molecule has 3 nitrogen and oxygen atoms in total. The first-order valence-electron chi connectivity index (χ1n) is 9.39. The van der Waals surface area contributed by atoms with Crippen LogP contribution in [0.4, 0.5) is 0 Å². The van der Waals surface area contributed by atoms with Crippen molar-refractivity contribution in [3.05, 3.63) is 24.3 Å². The summed E-state index contributed by atoms with van der Waals surface area (Å²) in [7, 11) is 0. The lowest BCUT2D eigenvalue weighted by Crippen LogP contribution is -2.05. The molecule has 3 heteroatoms. The van der Waals surface area contributed by atoms with Crippen LogP contribution < -0.4 is 0 Å². The molecule has 0 amide bonds. The first-order valence-corrected chi connectivity index (χ1v) is 9.39. The number of aliphatic hydroxyl groups is 1. The molecule has 134 valence electrons. The Hall–Kier alpha value is -1.09. The summed E-state index contributed by atoms with van der Waals surface area (Å²) < 4.78 is 0. The third-order valence-electron chi connectivity index (χ3n) is 3.99. The third kappa shape index (κ3) is 18.9. The number of hydrogen-bond acceptors (Lipinski definition) is 2. The number of carbonyl (C=O) groups is 1. The number of hydrogen-bond donors (Lipinski definition) is 2. The SMILES string of the molecule is CCC=CCCC(O)CCCCCCCCCCC=CC(=O)O. The van der Waals surface area contributed by atoms with Crippen molar-refractivity contribution in [3.8, 4) is 0 Å². The lowest BCUT2D eigenvalue weighted by Gasteiger charge is -2.08. The second-order valence-corrected chi connectivity index (χ2v) is 6.26. The Morgan fingerprint density at radius 1 is 0.826 bits per heavy atom. The van der Waals surface area contributed by atoms with Gasteiger partial charge in [0, 0.05) is 6.08 Å². The van der Waals surface area contributed by atoms with Gasteiger partial charge in [-0.1, -0.05) is 70.1 Å². The maximum absolute atomic E-state index is 10.3. The minimum Gasteiger partial charge on any atom is -0.478 e. The first-order chi connectivity index (χ1) is 11.2. The standard InChI is InChI=1S/C20H36O3/c1-2-3-4-13-16-19(21)17-14-11-9-7-5-6-8-10-12-15-18-20(22)23/h3-4,15,18-19,21H,2,5-14,16-17H2,1H3,(H,22,23). The molecule has 0 aliphatic heterocycles. The molecule has 23 heavy (non-hydrogen) atoms. The van der Waals surface area contributed by atoms with Gasteiger partial charge in [-0.2, -0.15) is 0 Å². The van der Waals surface area contributed by atoms with E-state index in [1.54, 1.807) is 6.08 Å². The van der Waals surface area contributed by atoms with Crippen molar-refractivity contribution in [2.75, 3.05) is 0 Å². The summed E-state index contributed by atoms with van der Waals surface area (Å²) in [5, 5.41) is 18.3. The molecule has 0 aromatic carbocycles. The fourth-order valence-electron chi connectivity index (χ4n) is 2.60. The highest BCUT2D eigenvalue weighted by Crippen LogP contribution is 2.13. The zero-order chi connectivity index (χ0) is 17.2. The molecule has 0 aromatic rings. The molecule has 0 radical (unpaired) electrons. The summed E-state index contributed by atoms with van der Waals surface area (Å²) in [5.41, 5.74) is 0. The Labute approximate surface area is 142 Å². The van der Waals surface area contributed by atoms with E-state index in [9.17, 15) is 9.90 Å². The van der Waals surface area contributed by atoms with Gasteiger partial charge in [-0.15, -0.1) is 0 Å². The zero-order valence-corrected chi connectivity index (χ0v) is 14.9. The third-order valence-corrected chi connectivity index (χ3v) is 3.99. The van der Waals surface area contributed by atoms with Gasteiger partial charge >= 0.3 is 5.97 Å². The normalized spacial score (nSPS) is 13.1. The molecular weight excluding hydrogens is 288 g/mol. The second kappa shape index (κ2) is 17.3. The van der Waals surface area contributed by atoms with E-state index >= 15 is 0 Å². The van der Waals surface area contributed by atoms with Crippen molar-refractivity contribution < 1.29 is 15.0 Å². The summed E-state index contributed by atoms with van der Waals surface area (Å²) in [6.07, 6.45) is 21.7. The van der Waals surface area contributed by atoms with E-state index in [0.717, 1.165) is 44.9 Å². The largest absolute Gasteiger partial charge is 0.478 e. The average Bonchev–Trinajstić information content (AvgIpc) is 2.52. The lowest BCUT2D eigenvalue weighted by atomic mass is 10.0. The second-order valence-electron chi connectivity index (χ2n) is 6.26. The number of rotatable bonds is 16. The fraction of sp³-hybridized carbons (Fsp3) is 0.750. The topological polar surface area (TPSA) is 57.5 Å². The monoisotopic (exact) mass is 324 g/mol. The molecule has 0 saturated heterocycles. The quantitative estimate of drug-likeness (QED) is 0.219. The predicted octanol–water partition coefficient (Wildman–Crippen LogP) is 5.64. The molecule has 0 rings (SSSR count). The van der Waals surface area contributed by atoms with Gasteiger partial charge in [-0.3, -0.25) is 0 Å². The zero-order valence-electron chi connectivity index (χ0n) is 14.9. The molecule has 0 fully saturated rings. The molecule has 0 aliphatic rings. The first kappa shape index (κ1) is 21.9. The van der Waals surface area contributed by atoms with Gasteiger partial charge in [0.2, 0.25) is 0 Å². The van der Waals surface area contributed by atoms with Crippen molar-refractivity contribution in [1.29, 1.82) is 0 Å². The fourth-order valence-corrected chi connectivity index (χ4v) is 2.60. The summed E-state index contributed by atoms with van der Waals surface area (Å²) in [6.45, 7) is 2.13.